The number of halogens is 1. The molecule has 0 saturated carbocycles. The molecule has 4 nitrogen and oxygen atoms in total. The molecule has 0 fully saturated rings. The van der Waals surface area contributed by atoms with E-state index in [9.17, 15) is 4.79 Å². The van der Waals surface area contributed by atoms with Crippen molar-refractivity contribution in [2.45, 2.75) is 13.0 Å². The normalized spacial score (nSPS) is 11.9. The van der Waals surface area contributed by atoms with E-state index in [0.717, 1.165) is 16.7 Å². The first-order chi connectivity index (χ1) is 8.63. The van der Waals surface area contributed by atoms with Crippen molar-refractivity contribution in [3.8, 4) is 0 Å². The Morgan fingerprint density at radius 1 is 1.42 bits per heavy atom. The van der Waals surface area contributed by atoms with Crippen LogP contribution in [0.15, 0.2) is 34.7 Å². The predicted octanol–water partition coefficient (Wildman–Crippen LogP) is 2.59. The Hall–Kier alpha value is -1.52. The van der Waals surface area contributed by atoms with Gasteiger partial charge in [0.25, 0.3) is 0 Å². The Balaban J connectivity index is 0.00000180. The largest absolute Gasteiger partial charge is 0.459 e. The number of fused-ring (bicyclic) bond motifs is 1. The Morgan fingerprint density at radius 2 is 2.11 bits per heavy atom. The highest BCUT2D eigenvalue weighted by atomic mass is 35.5. The molecule has 0 aliphatic heterocycles. The molecule has 0 aliphatic rings. The molecule has 1 aromatic heterocycles. The van der Waals surface area contributed by atoms with Gasteiger partial charge in [-0.25, -0.2) is 0 Å². The Labute approximate surface area is 119 Å². The van der Waals surface area contributed by atoms with Gasteiger partial charge in [-0.05, 0) is 26.1 Å². The molecular formula is C14H19ClN2O2. The number of carbonyl (C=O) groups is 1. The fourth-order valence-corrected chi connectivity index (χ4v) is 1.89. The zero-order valence-electron chi connectivity index (χ0n) is 11.3. The fourth-order valence-electron chi connectivity index (χ4n) is 1.89. The summed E-state index contributed by atoms with van der Waals surface area (Å²) in [4.78, 5) is 13.5. The average molecular weight is 283 g/mol. The van der Waals surface area contributed by atoms with Crippen LogP contribution in [-0.4, -0.2) is 31.4 Å². The molecule has 1 atom stereocenters. The molecule has 1 aromatic carbocycles. The van der Waals surface area contributed by atoms with E-state index < -0.39 is 0 Å². The molecule has 104 valence electrons. The molecule has 0 bridgehead atoms. The van der Waals surface area contributed by atoms with Crippen LogP contribution < -0.4 is 5.32 Å². The van der Waals surface area contributed by atoms with Crippen LogP contribution in [0.3, 0.4) is 0 Å². The maximum atomic E-state index is 11.8. The molecular weight excluding hydrogens is 264 g/mol. The first-order valence-corrected chi connectivity index (χ1v) is 6.02. The first-order valence-electron chi connectivity index (χ1n) is 6.02. The van der Waals surface area contributed by atoms with Crippen molar-refractivity contribution in [1.82, 2.24) is 10.2 Å². The quantitative estimate of drug-likeness (QED) is 0.937. The van der Waals surface area contributed by atoms with Gasteiger partial charge in [0.05, 0.1) is 12.6 Å². The van der Waals surface area contributed by atoms with Crippen molar-refractivity contribution < 1.29 is 9.21 Å². The summed E-state index contributed by atoms with van der Waals surface area (Å²) >= 11 is 0. The van der Waals surface area contributed by atoms with Gasteiger partial charge >= 0.3 is 0 Å². The number of amides is 1. The summed E-state index contributed by atoms with van der Waals surface area (Å²) in [5.74, 6) is 0.855. The van der Waals surface area contributed by atoms with Gasteiger partial charge in [0, 0.05) is 12.4 Å². The maximum absolute atomic E-state index is 11.8. The number of para-hydroxylation sites is 1. The molecule has 0 radical (unpaired) electrons. The first kappa shape index (κ1) is 15.5. The van der Waals surface area contributed by atoms with Gasteiger partial charge < -0.3 is 14.6 Å². The summed E-state index contributed by atoms with van der Waals surface area (Å²) in [6.07, 6.45) is 0. The van der Waals surface area contributed by atoms with Crippen LogP contribution in [-0.2, 0) is 4.79 Å². The molecule has 1 N–H and O–H groups in total. The number of benzene rings is 1. The highest BCUT2D eigenvalue weighted by Crippen LogP contribution is 2.26. The minimum absolute atomic E-state index is 0. The number of hydrogen-bond acceptors (Lipinski definition) is 3. The Kier molecular flexibility index (Phi) is 5.39. The monoisotopic (exact) mass is 282 g/mol. The van der Waals surface area contributed by atoms with E-state index in [1.807, 2.05) is 37.3 Å². The van der Waals surface area contributed by atoms with Crippen LogP contribution in [0.1, 0.15) is 18.7 Å². The smallest absolute Gasteiger partial charge is 0.236 e. The van der Waals surface area contributed by atoms with Crippen LogP contribution in [0.25, 0.3) is 11.0 Å². The van der Waals surface area contributed by atoms with E-state index >= 15 is 0 Å². The molecule has 5 heteroatoms. The minimum Gasteiger partial charge on any atom is -0.459 e. The molecule has 0 spiro atoms. The third kappa shape index (κ3) is 3.28. The standard InChI is InChI=1S/C14H18N2O2.ClH/c1-10(16(3)14(17)9-15-2)13-8-11-6-4-5-7-12(11)18-13;/h4-8,10,15H,9H2,1-3H3;1H. The second kappa shape index (κ2) is 6.59. The lowest BCUT2D eigenvalue weighted by Gasteiger charge is -2.23. The number of carbonyl (C=O) groups excluding carboxylic acids is 1. The summed E-state index contributed by atoms with van der Waals surface area (Å²) in [7, 11) is 3.55. The number of rotatable bonds is 4. The van der Waals surface area contributed by atoms with E-state index in [1.54, 1.807) is 19.0 Å². The zero-order chi connectivity index (χ0) is 13.1. The second-order valence-electron chi connectivity index (χ2n) is 4.40. The second-order valence-corrected chi connectivity index (χ2v) is 4.40. The summed E-state index contributed by atoms with van der Waals surface area (Å²) in [6, 6.07) is 9.77. The Morgan fingerprint density at radius 3 is 2.74 bits per heavy atom. The Bertz CT molecular complexity index is 520. The zero-order valence-corrected chi connectivity index (χ0v) is 12.2. The molecule has 1 heterocycles. The summed E-state index contributed by atoms with van der Waals surface area (Å²) in [5, 5.41) is 3.92. The molecule has 19 heavy (non-hydrogen) atoms. The average Bonchev–Trinajstić information content (AvgIpc) is 2.81. The van der Waals surface area contributed by atoms with Gasteiger partial charge in [-0.3, -0.25) is 4.79 Å². The molecule has 1 unspecified atom stereocenters. The summed E-state index contributed by atoms with van der Waals surface area (Å²) < 4.78 is 5.76. The van der Waals surface area contributed by atoms with Crippen LogP contribution in [0.5, 0.6) is 0 Å². The minimum atomic E-state index is -0.0711. The van der Waals surface area contributed by atoms with Gasteiger partial charge in [0.15, 0.2) is 0 Å². The van der Waals surface area contributed by atoms with Crippen LogP contribution >= 0.6 is 12.4 Å². The van der Waals surface area contributed by atoms with Gasteiger partial charge in [-0.2, -0.15) is 0 Å². The number of nitrogens with one attached hydrogen (secondary N) is 1. The number of likely N-dealkylation sites (N-methyl/N-ethyl adjacent to an activating group) is 2. The summed E-state index contributed by atoms with van der Waals surface area (Å²) in [5.41, 5.74) is 0.855. The predicted molar refractivity (Wildman–Crippen MR) is 78.6 cm³/mol. The molecule has 0 aliphatic carbocycles. The van der Waals surface area contributed by atoms with Gasteiger partial charge in [-0.15, -0.1) is 12.4 Å². The lowest BCUT2D eigenvalue weighted by Crippen LogP contribution is -2.35. The van der Waals surface area contributed by atoms with E-state index in [2.05, 4.69) is 5.32 Å². The topological polar surface area (TPSA) is 45.5 Å². The fraction of sp³-hybridized carbons (Fsp3) is 0.357. The third-order valence-electron chi connectivity index (χ3n) is 3.16. The summed E-state index contributed by atoms with van der Waals surface area (Å²) in [6.45, 7) is 2.30. The number of hydrogen-bond donors (Lipinski definition) is 1. The van der Waals surface area contributed by atoms with Crippen molar-refractivity contribution in [1.29, 1.82) is 0 Å². The van der Waals surface area contributed by atoms with Crippen molar-refractivity contribution >= 4 is 29.3 Å². The van der Waals surface area contributed by atoms with E-state index in [0.29, 0.717) is 6.54 Å². The SMILES string of the molecule is CNCC(=O)N(C)C(C)c1cc2ccccc2o1.Cl. The van der Waals surface area contributed by atoms with E-state index in [4.69, 9.17) is 4.42 Å². The molecule has 0 saturated heterocycles. The van der Waals surface area contributed by atoms with Crippen molar-refractivity contribution in [3.05, 3.63) is 36.1 Å². The van der Waals surface area contributed by atoms with Crippen molar-refractivity contribution in [2.75, 3.05) is 20.6 Å². The lowest BCUT2D eigenvalue weighted by molar-refractivity contribution is -0.131. The van der Waals surface area contributed by atoms with Crippen molar-refractivity contribution in [3.63, 3.8) is 0 Å². The van der Waals surface area contributed by atoms with Crippen LogP contribution in [0, 0.1) is 0 Å². The van der Waals surface area contributed by atoms with Crippen LogP contribution in [0.2, 0.25) is 0 Å². The van der Waals surface area contributed by atoms with E-state index in [1.165, 1.54) is 0 Å². The van der Waals surface area contributed by atoms with Crippen LogP contribution in [0.4, 0.5) is 0 Å². The number of furan rings is 1. The molecule has 1 amide bonds. The number of nitrogens with zero attached hydrogens (tertiary/aromatic N) is 1. The maximum Gasteiger partial charge on any atom is 0.236 e. The molecule has 2 rings (SSSR count). The highest BCUT2D eigenvalue weighted by Gasteiger charge is 2.19. The lowest BCUT2D eigenvalue weighted by atomic mass is 10.2. The van der Waals surface area contributed by atoms with Gasteiger partial charge in [0.1, 0.15) is 11.3 Å². The third-order valence-corrected chi connectivity index (χ3v) is 3.16. The van der Waals surface area contributed by atoms with Gasteiger partial charge in [0.2, 0.25) is 5.91 Å². The van der Waals surface area contributed by atoms with Crippen molar-refractivity contribution in [2.24, 2.45) is 0 Å². The highest BCUT2D eigenvalue weighted by molar-refractivity contribution is 5.85. The van der Waals surface area contributed by atoms with E-state index in [-0.39, 0.29) is 24.4 Å². The molecule has 2 aromatic rings. The van der Waals surface area contributed by atoms with Gasteiger partial charge in [-0.1, -0.05) is 18.2 Å².